The van der Waals surface area contributed by atoms with E-state index in [-0.39, 0.29) is 20.1 Å². The van der Waals surface area contributed by atoms with Crippen molar-refractivity contribution in [2.45, 2.75) is 19.8 Å². The molecule has 0 spiro atoms. The minimum atomic E-state index is 0. The van der Waals surface area contributed by atoms with Crippen LogP contribution in [0.5, 0.6) is 0 Å². The third-order valence-corrected chi connectivity index (χ3v) is 2.44. The molecule has 0 bridgehead atoms. The first-order chi connectivity index (χ1) is 9.27. The van der Waals surface area contributed by atoms with Gasteiger partial charge in [0.05, 0.1) is 0 Å². The van der Waals surface area contributed by atoms with E-state index in [1.165, 1.54) is 5.56 Å². The minimum absolute atomic E-state index is 0. The molecule has 0 saturated heterocycles. The Labute approximate surface area is 135 Å². The SMILES string of the molecule is CC(C)c1ccnc(-c2[c-]cccc2)c1.CO.CO.[Ir]. The number of hydrogen-bond acceptors (Lipinski definition) is 3. The van der Waals surface area contributed by atoms with Gasteiger partial charge in [-0.3, -0.25) is 0 Å². The quantitative estimate of drug-likeness (QED) is 0.689. The average Bonchev–Trinajstić information content (AvgIpc) is 2.52. The van der Waals surface area contributed by atoms with Crippen molar-refractivity contribution < 1.29 is 30.3 Å². The summed E-state index contributed by atoms with van der Waals surface area (Å²) in [6.07, 6.45) is 1.87. The molecular formula is C16H22IrNO2-. The molecule has 1 heterocycles. The summed E-state index contributed by atoms with van der Waals surface area (Å²) in [6, 6.07) is 15.3. The van der Waals surface area contributed by atoms with Gasteiger partial charge in [0.15, 0.2) is 0 Å². The molecule has 4 heteroatoms. The van der Waals surface area contributed by atoms with Gasteiger partial charge >= 0.3 is 0 Å². The standard InChI is InChI=1S/C14H14N.2CH4O.Ir/c1-11(2)13-8-9-15-14(10-13)12-6-4-3-5-7-12;2*1-2;/h3-6,8-11H,1-2H3;2*2H,1H3;/q-1;;;. The zero-order chi connectivity index (χ0) is 14.7. The number of nitrogens with zero attached hydrogens (tertiary/aromatic N) is 1. The molecule has 3 nitrogen and oxygen atoms in total. The predicted octanol–water partition coefficient (Wildman–Crippen LogP) is 2.89. The maximum Gasteiger partial charge on any atom is 0.0319 e. The summed E-state index contributed by atoms with van der Waals surface area (Å²) in [5, 5.41) is 14.0. The maximum atomic E-state index is 7.00. The number of aromatic nitrogens is 1. The van der Waals surface area contributed by atoms with Crippen LogP contribution in [0.25, 0.3) is 11.3 Å². The van der Waals surface area contributed by atoms with Gasteiger partial charge in [0, 0.05) is 40.5 Å². The first-order valence-corrected chi connectivity index (χ1v) is 6.10. The molecule has 1 aromatic carbocycles. The van der Waals surface area contributed by atoms with E-state index in [2.05, 4.69) is 37.0 Å². The molecule has 0 fully saturated rings. The van der Waals surface area contributed by atoms with Crippen molar-refractivity contribution in [2.24, 2.45) is 0 Å². The van der Waals surface area contributed by atoms with Crippen LogP contribution in [0, 0.1) is 6.07 Å². The largest absolute Gasteiger partial charge is 0.400 e. The first kappa shape index (κ1) is 21.2. The van der Waals surface area contributed by atoms with Crippen LogP contribution in [0.1, 0.15) is 25.3 Å². The second kappa shape index (κ2) is 12.9. The zero-order valence-corrected chi connectivity index (χ0v) is 14.7. The molecule has 0 aliphatic carbocycles. The minimum Gasteiger partial charge on any atom is -0.400 e. The van der Waals surface area contributed by atoms with Gasteiger partial charge in [-0.2, -0.15) is 0 Å². The van der Waals surface area contributed by atoms with Crippen LogP contribution in [-0.4, -0.2) is 29.4 Å². The summed E-state index contributed by atoms with van der Waals surface area (Å²) in [6.45, 7) is 4.38. The molecule has 0 amide bonds. The van der Waals surface area contributed by atoms with E-state index in [4.69, 9.17) is 10.2 Å². The van der Waals surface area contributed by atoms with E-state index < -0.39 is 0 Å². The van der Waals surface area contributed by atoms with Crippen LogP contribution in [0.4, 0.5) is 0 Å². The second-order valence-corrected chi connectivity index (χ2v) is 3.91. The Morgan fingerprint density at radius 2 is 1.70 bits per heavy atom. The van der Waals surface area contributed by atoms with Crippen molar-refractivity contribution >= 4 is 0 Å². The third-order valence-electron chi connectivity index (χ3n) is 2.44. The third kappa shape index (κ3) is 6.92. The van der Waals surface area contributed by atoms with Gasteiger partial charge in [-0.1, -0.05) is 25.5 Å². The number of rotatable bonds is 2. The summed E-state index contributed by atoms with van der Waals surface area (Å²) in [7, 11) is 2.00. The molecule has 2 aromatic rings. The van der Waals surface area contributed by atoms with Gasteiger partial charge in [0.2, 0.25) is 0 Å². The number of hydrogen-bond donors (Lipinski definition) is 2. The Kier molecular flexibility index (Phi) is 13.8. The molecule has 0 aliphatic heterocycles. The van der Waals surface area contributed by atoms with Crippen LogP contribution in [0.3, 0.4) is 0 Å². The van der Waals surface area contributed by atoms with Crippen molar-refractivity contribution in [2.75, 3.05) is 14.2 Å². The second-order valence-electron chi connectivity index (χ2n) is 3.91. The smallest absolute Gasteiger partial charge is 0.0319 e. The number of pyridine rings is 1. The van der Waals surface area contributed by atoms with Crippen molar-refractivity contribution in [1.82, 2.24) is 4.98 Å². The molecule has 0 atom stereocenters. The monoisotopic (exact) mass is 453 g/mol. The number of aliphatic hydroxyl groups is 2. The first-order valence-electron chi connectivity index (χ1n) is 6.10. The Morgan fingerprint density at radius 3 is 2.20 bits per heavy atom. The van der Waals surface area contributed by atoms with Crippen LogP contribution < -0.4 is 0 Å². The van der Waals surface area contributed by atoms with E-state index in [0.717, 1.165) is 25.5 Å². The summed E-state index contributed by atoms with van der Waals surface area (Å²) in [5.74, 6) is 0.537. The van der Waals surface area contributed by atoms with Crippen LogP contribution in [-0.2, 0) is 20.1 Å². The molecule has 0 unspecified atom stereocenters. The van der Waals surface area contributed by atoms with Gasteiger partial charge in [-0.25, -0.2) is 0 Å². The molecule has 2 rings (SSSR count). The summed E-state index contributed by atoms with van der Waals surface area (Å²) in [4.78, 5) is 4.36. The normalized spacial score (nSPS) is 8.55. The van der Waals surface area contributed by atoms with E-state index in [9.17, 15) is 0 Å². The Morgan fingerprint density at radius 1 is 1.05 bits per heavy atom. The summed E-state index contributed by atoms with van der Waals surface area (Å²) < 4.78 is 0. The van der Waals surface area contributed by atoms with Crippen LogP contribution in [0.2, 0.25) is 0 Å². The van der Waals surface area contributed by atoms with Gasteiger partial charge in [-0.05, 0) is 17.7 Å². The van der Waals surface area contributed by atoms with Crippen molar-refractivity contribution in [3.63, 3.8) is 0 Å². The van der Waals surface area contributed by atoms with Crippen molar-refractivity contribution in [3.05, 3.63) is 54.2 Å². The van der Waals surface area contributed by atoms with E-state index >= 15 is 0 Å². The molecule has 0 aliphatic rings. The summed E-state index contributed by atoms with van der Waals surface area (Å²) >= 11 is 0. The molecule has 0 saturated carbocycles. The van der Waals surface area contributed by atoms with Gasteiger partial charge < -0.3 is 15.2 Å². The topological polar surface area (TPSA) is 53.4 Å². The molecule has 1 aromatic heterocycles. The van der Waals surface area contributed by atoms with Gasteiger partial charge in [0.25, 0.3) is 0 Å². The van der Waals surface area contributed by atoms with Crippen molar-refractivity contribution in [3.8, 4) is 11.3 Å². The fourth-order valence-electron chi connectivity index (χ4n) is 1.51. The molecule has 20 heavy (non-hydrogen) atoms. The van der Waals surface area contributed by atoms with E-state index in [0.29, 0.717) is 5.92 Å². The Balaban J connectivity index is 0. The maximum absolute atomic E-state index is 7.00. The van der Waals surface area contributed by atoms with Crippen LogP contribution >= 0.6 is 0 Å². The summed E-state index contributed by atoms with van der Waals surface area (Å²) in [5.41, 5.74) is 3.37. The Bertz CT molecular complexity index is 447. The molecular weight excluding hydrogens is 430 g/mol. The van der Waals surface area contributed by atoms with Gasteiger partial charge in [0.1, 0.15) is 0 Å². The van der Waals surface area contributed by atoms with E-state index in [1.54, 1.807) is 0 Å². The zero-order valence-electron chi connectivity index (χ0n) is 12.3. The molecule has 1 radical (unpaired) electrons. The molecule has 2 N–H and O–H groups in total. The fourth-order valence-corrected chi connectivity index (χ4v) is 1.51. The van der Waals surface area contributed by atoms with E-state index in [1.807, 2.05) is 30.5 Å². The van der Waals surface area contributed by atoms with Crippen molar-refractivity contribution in [1.29, 1.82) is 0 Å². The Hall–Kier alpha value is -1.06. The van der Waals surface area contributed by atoms with Gasteiger partial charge in [-0.15, -0.1) is 35.9 Å². The van der Waals surface area contributed by atoms with Crippen LogP contribution in [0.15, 0.2) is 42.6 Å². The number of aliphatic hydroxyl groups excluding tert-OH is 2. The predicted molar refractivity (Wildman–Crippen MR) is 78.9 cm³/mol. The molecule has 113 valence electrons. The fraction of sp³-hybridized carbons (Fsp3) is 0.312. The average molecular weight is 453 g/mol. The number of benzene rings is 1.